The zero-order chi connectivity index (χ0) is 19.3. The largest absolute Gasteiger partial charge is 0.376 e. The molecule has 1 aliphatic rings. The molecule has 1 heterocycles. The van der Waals surface area contributed by atoms with E-state index in [0.29, 0.717) is 13.2 Å². The third-order valence-electron chi connectivity index (χ3n) is 4.57. The molecule has 0 spiro atoms. The van der Waals surface area contributed by atoms with Crippen LogP contribution in [0.4, 0.5) is 5.69 Å². The lowest BCUT2D eigenvalue weighted by Crippen LogP contribution is -2.32. The number of rotatable bonds is 7. The van der Waals surface area contributed by atoms with Gasteiger partial charge in [0.2, 0.25) is 0 Å². The number of sulfonamides is 1. The Labute approximate surface area is 160 Å². The van der Waals surface area contributed by atoms with Crippen LogP contribution in [0.1, 0.15) is 35.7 Å². The van der Waals surface area contributed by atoms with Crippen molar-refractivity contribution in [1.82, 2.24) is 5.32 Å². The molecule has 1 fully saturated rings. The highest BCUT2D eigenvalue weighted by Crippen LogP contribution is 2.21. The molecule has 0 radical (unpaired) electrons. The maximum Gasteiger partial charge on any atom is 0.261 e. The van der Waals surface area contributed by atoms with E-state index in [1.54, 1.807) is 48.5 Å². The van der Waals surface area contributed by atoms with Crippen molar-refractivity contribution in [2.45, 2.75) is 37.2 Å². The number of carbonyl (C=O) groups excluding carboxylic acids is 1. The van der Waals surface area contributed by atoms with E-state index in [9.17, 15) is 13.2 Å². The molecule has 6 nitrogen and oxygen atoms in total. The molecule has 0 aromatic heterocycles. The molecule has 0 saturated carbocycles. The SMILES string of the molecule is CCc1ccc(S(=O)(=O)Nc2ccccc2C(=O)NC[C@@H]2CCCO2)cc1. The molecule has 0 bridgehead atoms. The minimum absolute atomic E-state index is 0.0230. The molecule has 27 heavy (non-hydrogen) atoms. The monoisotopic (exact) mass is 388 g/mol. The number of amides is 1. The van der Waals surface area contributed by atoms with Crippen molar-refractivity contribution < 1.29 is 17.9 Å². The molecule has 2 N–H and O–H groups in total. The Morgan fingerprint density at radius 2 is 1.89 bits per heavy atom. The maximum absolute atomic E-state index is 12.7. The highest BCUT2D eigenvalue weighted by atomic mass is 32.2. The van der Waals surface area contributed by atoms with Gasteiger partial charge in [-0.05, 0) is 49.1 Å². The van der Waals surface area contributed by atoms with Crippen molar-refractivity contribution in [1.29, 1.82) is 0 Å². The summed E-state index contributed by atoms with van der Waals surface area (Å²) in [4.78, 5) is 12.7. The summed E-state index contributed by atoms with van der Waals surface area (Å²) in [6.07, 6.45) is 2.77. The molecule has 0 aliphatic carbocycles. The fraction of sp³-hybridized carbons (Fsp3) is 0.350. The highest BCUT2D eigenvalue weighted by molar-refractivity contribution is 7.92. The van der Waals surface area contributed by atoms with Gasteiger partial charge in [0.15, 0.2) is 0 Å². The normalized spacial score (nSPS) is 16.9. The first-order valence-electron chi connectivity index (χ1n) is 9.10. The van der Waals surface area contributed by atoms with Gasteiger partial charge in [-0.25, -0.2) is 8.42 Å². The molecule has 2 aromatic carbocycles. The van der Waals surface area contributed by atoms with Crippen molar-refractivity contribution in [3.05, 3.63) is 59.7 Å². The average molecular weight is 388 g/mol. The van der Waals surface area contributed by atoms with E-state index in [1.165, 1.54) is 0 Å². The predicted molar refractivity (Wildman–Crippen MR) is 104 cm³/mol. The van der Waals surface area contributed by atoms with E-state index in [2.05, 4.69) is 10.0 Å². The summed E-state index contributed by atoms with van der Waals surface area (Å²) in [5.41, 5.74) is 1.59. The summed E-state index contributed by atoms with van der Waals surface area (Å²) in [6, 6.07) is 13.3. The highest BCUT2D eigenvalue weighted by Gasteiger charge is 2.20. The zero-order valence-electron chi connectivity index (χ0n) is 15.3. The van der Waals surface area contributed by atoms with Gasteiger partial charge in [0.05, 0.1) is 22.3 Å². The molecular formula is C20H24N2O4S. The number of nitrogens with one attached hydrogen (secondary N) is 2. The van der Waals surface area contributed by atoms with Crippen LogP contribution in [0.25, 0.3) is 0 Å². The van der Waals surface area contributed by atoms with E-state index >= 15 is 0 Å². The second kappa shape index (κ2) is 8.54. The Bertz CT molecular complexity index is 888. The number of anilines is 1. The lowest BCUT2D eigenvalue weighted by atomic mass is 10.1. The number of hydrogen-bond donors (Lipinski definition) is 2. The van der Waals surface area contributed by atoms with E-state index in [-0.39, 0.29) is 28.2 Å². The lowest BCUT2D eigenvalue weighted by Gasteiger charge is -2.14. The topological polar surface area (TPSA) is 84.5 Å². The molecule has 1 saturated heterocycles. The Kier molecular flexibility index (Phi) is 6.13. The molecule has 2 aromatic rings. The van der Waals surface area contributed by atoms with Crippen molar-refractivity contribution >= 4 is 21.6 Å². The molecule has 3 rings (SSSR count). The number of hydrogen-bond acceptors (Lipinski definition) is 4. The van der Waals surface area contributed by atoms with Crippen LogP contribution in [0.3, 0.4) is 0 Å². The van der Waals surface area contributed by atoms with E-state index in [1.807, 2.05) is 6.92 Å². The Morgan fingerprint density at radius 3 is 2.56 bits per heavy atom. The van der Waals surface area contributed by atoms with Crippen molar-refractivity contribution in [2.75, 3.05) is 17.9 Å². The molecule has 1 amide bonds. The molecule has 0 unspecified atom stereocenters. The van der Waals surface area contributed by atoms with Gasteiger partial charge in [0.1, 0.15) is 0 Å². The summed E-state index contributed by atoms with van der Waals surface area (Å²) in [7, 11) is -3.78. The van der Waals surface area contributed by atoms with E-state index in [0.717, 1.165) is 24.8 Å². The van der Waals surface area contributed by atoms with Crippen LogP contribution in [0, 0.1) is 0 Å². The van der Waals surface area contributed by atoms with Crippen molar-refractivity contribution in [2.24, 2.45) is 0 Å². The van der Waals surface area contributed by atoms with Gasteiger partial charge in [0, 0.05) is 13.2 Å². The third-order valence-corrected chi connectivity index (χ3v) is 5.95. The predicted octanol–water partition coefficient (Wildman–Crippen LogP) is 2.96. The Balaban J connectivity index is 1.75. The minimum atomic E-state index is -3.78. The van der Waals surface area contributed by atoms with Gasteiger partial charge in [-0.2, -0.15) is 0 Å². The van der Waals surface area contributed by atoms with Crippen LogP contribution in [0.2, 0.25) is 0 Å². The smallest absolute Gasteiger partial charge is 0.261 e. The quantitative estimate of drug-likeness (QED) is 0.764. The van der Waals surface area contributed by atoms with Gasteiger partial charge < -0.3 is 10.1 Å². The summed E-state index contributed by atoms with van der Waals surface area (Å²) < 4.78 is 33.4. The number of aryl methyl sites for hydroxylation is 1. The summed E-state index contributed by atoms with van der Waals surface area (Å²) in [6.45, 7) is 3.14. The summed E-state index contributed by atoms with van der Waals surface area (Å²) in [5, 5.41) is 2.82. The lowest BCUT2D eigenvalue weighted by molar-refractivity contribution is 0.0858. The van der Waals surface area contributed by atoms with Crippen LogP contribution in [0.15, 0.2) is 53.4 Å². The molecule has 7 heteroatoms. The minimum Gasteiger partial charge on any atom is -0.376 e. The Hall–Kier alpha value is -2.38. The molecule has 1 atom stereocenters. The molecule has 1 aliphatic heterocycles. The third kappa shape index (κ3) is 4.87. The fourth-order valence-corrected chi connectivity index (χ4v) is 4.06. The number of benzene rings is 2. The van der Waals surface area contributed by atoms with Gasteiger partial charge >= 0.3 is 0 Å². The molecule has 144 valence electrons. The van der Waals surface area contributed by atoms with Crippen LogP contribution in [0.5, 0.6) is 0 Å². The van der Waals surface area contributed by atoms with E-state index < -0.39 is 10.0 Å². The second-order valence-corrected chi connectivity index (χ2v) is 8.18. The zero-order valence-corrected chi connectivity index (χ0v) is 16.1. The first-order chi connectivity index (χ1) is 13.0. The number of ether oxygens (including phenoxy) is 1. The van der Waals surface area contributed by atoms with Gasteiger partial charge in [-0.1, -0.05) is 31.2 Å². The van der Waals surface area contributed by atoms with E-state index in [4.69, 9.17) is 4.74 Å². The van der Waals surface area contributed by atoms with Gasteiger partial charge in [-0.15, -0.1) is 0 Å². The first-order valence-corrected chi connectivity index (χ1v) is 10.6. The Morgan fingerprint density at radius 1 is 1.15 bits per heavy atom. The average Bonchev–Trinajstić information content (AvgIpc) is 3.20. The second-order valence-electron chi connectivity index (χ2n) is 6.49. The fourth-order valence-electron chi connectivity index (χ4n) is 2.99. The number of para-hydroxylation sites is 1. The van der Waals surface area contributed by atoms with Crippen LogP contribution < -0.4 is 10.0 Å². The maximum atomic E-state index is 12.7. The molecular weight excluding hydrogens is 364 g/mol. The summed E-state index contributed by atoms with van der Waals surface area (Å²) in [5.74, 6) is -0.329. The standard InChI is InChI=1S/C20H24N2O4S/c1-2-15-9-11-17(12-10-15)27(24,25)22-19-8-4-3-7-18(19)20(23)21-14-16-6-5-13-26-16/h3-4,7-12,16,22H,2,5-6,13-14H2,1H3,(H,21,23)/t16-/m0/s1. The van der Waals surface area contributed by atoms with Gasteiger partial charge in [-0.3, -0.25) is 9.52 Å². The van der Waals surface area contributed by atoms with Crippen LogP contribution >= 0.6 is 0 Å². The van der Waals surface area contributed by atoms with Crippen LogP contribution in [-0.2, 0) is 21.2 Å². The van der Waals surface area contributed by atoms with Crippen molar-refractivity contribution in [3.63, 3.8) is 0 Å². The number of carbonyl (C=O) groups is 1. The van der Waals surface area contributed by atoms with Crippen LogP contribution in [-0.4, -0.2) is 33.6 Å². The van der Waals surface area contributed by atoms with Crippen molar-refractivity contribution in [3.8, 4) is 0 Å². The summed E-state index contributed by atoms with van der Waals surface area (Å²) >= 11 is 0. The van der Waals surface area contributed by atoms with Gasteiger partial charge in [0.25, 0.3) is 15.9 Å². The first kappa shape index (κ1) is 19.4.